The Morgan fingerprint density at radius 3 is 2.33 bits per heavy atom. The van der Waals surface area contributed by atoms with E-state index < -0.39 is 29.1 Å². The van der Waals surface area contributed by atoms with E-state index in [1.54, 1.807) is 31.2 Å². The zero-order valence-electron chi connectivity index (χ0n) is 22.5. The molecule has 0 spiro atoms. The molecule has 0 aliphatic heterocycles. The van der Waals surface area contributed by atoms with Crippen molar-refractivity contribution in [3.05, 3.63) is 76.3 Å². The van der Waals surface area contributed by atoms with Gasteiger partial charge in [0.25, 0.3) is 5.89 Å². The maximum atomic E-state index is 13.6. The highest BCUT2D eigenvalue weighted by molar-refractivity contribution is 5.68. The van der Waals surface area contributed by atoms with Gasteiger partial charge < -0.3 is 9.73 Å². The Bertz CT molecular complexity index is 1180. The first-order valence-electron chi connectivity index (χ1n) is 13.5. The quantitative estimate of drug-likeness (QED) is 0.109. The van der Waals surface area contributed by atoms with E-state index in [1.165, 1.54) is 43.9 Å². The SMILES string of the molecule is CCCCCCCCc1noc(-c2ccc(C[N+]([O-])(Cc3ccccc3C(F)(F)F)OC(=O)CCC)cc2)n1. The molecular weight excluding hydrogens is 511 g/mol. The van der Waals surface area contributed by atoms with Gasteiger partial charge in [-0.3, -0.25) is 4.84 Å². The Morgan fingerprint density at radius 1 is 0.949 bits per heavy atom. The molecule has 1 aromatic heterocycles. The fourth-order valence-corrected chi connectivity index (χ4v) is 4.32. The second-order valence-electron chi connectivity index (χ2n) is 9.73. The zero-order valence-corrected chi connectivity index (χ0v) is 22.5. The first-order valence-corrected chi connectivity index (χ1v) is 13.5. The average Bonchev–Trinajstić information content (AvgIpc) is 3.35. The predicted molar refractivity (Wildman–Crippen MR) is 140 cm³/mol. The number of unbranched alkanes of at least 4 members (excludes halogenated alkanes) is 5. The van der Waals surface area contributed by atoms with Crippen molar-refractivity contribution in [2.24, 2.45) is 0 Å². The molecule has 0 amide bonds. The van der Waals surface area contributed by atoms with Gasteiger partial charge in [0.05, 0.1) is 12.0 Å². The second kappa shape index (κ2) is 14.2. The van der Waals surface area contributed by atoms with Crippen molar-refractivity contribution < 1.29 is 32.1 Å². The number of quaternary nitrogens is 1. The van der Waals surface area contributed by atoms with Crippen LogP contribution in [0.15, 0.2) is 53.1 Å². The fourth-order valence-electron chi connectivity index (χ4n) is 4.32. The largest absolute Gasteiger partial charge is 0.589 e. The van der Waals surface area contributed by atoms with Crippen molar-refractivity contribution >= 4 is 5.97 Å². The number of rotatable bonds is 15. The number of hydrogen-bond acceptors (Lipinski definition) is 6. The third-order valence-electron chi connectivity index (χ3n) is 6.30. The normalized spacial score (nSPS) is 13.3. The molecule has 1 unspecified atom stereocenters. The van der Waals surface area contributed by atoms with Crippen LogP contribution in [-0.4, -0.2) is 20.9 Å². The number of aromatic nitrogens is 2. The monoisotopic (exact) mass is 547 g/mol. The zero-order chi connectivity index (χ0) is 28.3. The highest BCUT2D eigenvalue weighted by atomic mass is 19.4. The Hall–Kier alpha value is -3.24. The lowest BCUT2D eigenvalue weighted by molar-refractivity contribution is -1.07. The van der Waals surface area contributed by atoms with Gasteiger partial charge in [-0.05, 0) is 31.0 Å². The van der Waals surface area contributed by atoms with E-state index in [2.05, 4.69) is 17.1 Å². The first-order chi connectivity index (χ1) is 18.6. The van der Waals surface area contributed by atoms with Crippen molar-refractivity contribution in [1.29, 1.82) is 0 Å². The summed E-state index contributed by atoms with van der Waals surface area (Å²) in [5.74, 6) is 0.210. The van der Waals surface area contributed by atoms with Gasteiger partial charge in [0.2, 0.25) is 0 Å². The van der Waals surface area contributed by atoms with Crippen molar-refractivity contribution in [3.8, 4) is 11.5 Å². The van der Waals surface area contributed by atoms with E-state index in [4.69, 9.17) is 9.36 Å². The smallest absolute Gasteiger partial charge is 0.416 e. The third kappa shape index (κ3) is 9.47. The Labute approximate surface area is 227 Å². The summed E-state index contributed by atoms with van der Waals surface area (Å²) in [7, 11) is 0. The van der Waals surface area contributed by atoms with Crippen LogP contribution in [0.3, 0.4) is 0 Å². The van der Waals surface area contributed by atoms with Gasteiger partial charge in [-0.1, -0.05) is 81.4 Å². The molecule has 0 saturated carbocycles. The maximum Gasteiger partial charge on any atom is 0.416 e. The number of aryl methyl sites for hydroxylation is 1. The summed E-state index contributed by atoms with van der Waals surface area (Å²) >= 11 is 0. The van der Waals surface area contributed by atoms with Crippen molar-refractivity contribution in [1.82, 2.24) is 10.1 Å². The highest BCUT2D eigenvalue weighted by Crippen LogP contribution is 2.34. The van der Waals surface area contributed by atoms with Crippen molar-refractivity contribution in [2.45, 2.75) is 90.9 Å². The number of benzene rings is 2. The van der Waals surface area contributed by atoms with Gasteiger partial charge >= 0.3 is 12.1 Å². The predicted octanol–water partition coefficient (Wildman–Crippen LogP) is 7.93. The molecule has 10 heteroatoms. The number of halogens is 3. The Balaban J connectivity index is 1.71. The van der Waals surface area contributed by atoms with Gasteiger partial charge in [-0.2, -0.15) is 23.0 Å². The number of nitrogens with zero attached hydrogens (tertiary/aromatic N) is 3. The molecule has 2 aromatic carbocycles. The van der Waals surface area contributed by atoms with Crippen molar-refractivity contribution in [2.75, 3.05) is 0 Å². The van der Waals surface area contributed by atoms with Gasteiger partial charge in [0, 0.05) is 23.1 Å². The van der Waals surface area contributed by atoms with E-state index in [1.807, 2.05) is 0 Å². The van der Waals surface area contributed by atoms with E-state index in [9.17, 15) is 23.2 Å². The Morgan fingerprint density at radius 2 is 1.64 bits per heavy atom. The van der Waals surface area contributed by atoms with Gasteiger partial charge in [0.15, 0.2) is 5.82 Å². The summed E-state index contributed by atoms with van der Waals surface area (Å²) in [6.45, 7) is 2.88. The summed E-state index contributed by atoms with van der Waals surface area (Å²) in [4.78, 5) is 20.2. The summed E-state index contributed by atoms with van der Waals surface area (Å²) in [5.41, 5.74) is -0.0488. The third-order valence-corrected chi connectivity index (χ3v) is 6.30. The fraction of sp³-hybridized carbons (Fsp3) is 0.483. The summed E-state index contributed by atoms with van der Waals surface area (Å²) in [5, 5.41) is 17.7. The molecule has 1 heterocycles. The highest BCUT2D eigenvalue weighted by Gasteiger charge is 2.36. The molecule has 0 N–H and O–H groups in total. The molecule has 0 bridgehead atoms. The standard InChI is InChI=1S/C29H36F3N3O4/c1-3-5-6-7-8-9-15-26-33-28(38-34-26)23-18-16-22(17-19-23)20-35(37,39-27(36)12-4-2)21-24-13-10-11-14-25(24)29(30,31)32/h10-11,13-14,16-19H,3-9,12,15,20-21H2,1-2H3. The van der Waals surface area contributed by atoms with Crippen LogP contribution in [0, 0.1) is 5.21 Å². The minimum Gasteiger partial charge on any atom is -0.589 e. The van der Waals surface area contributed by atoms with Crippen LogP contribution < -0.4 is 0 Å². The average molecular weight is 548 g/mol. The van der Waals surface area contributed by atoms with E-state index in [-0.39, 0.29) is 18.5 Å². The van der Waals surface area contributed by atoms with Crippen LogP contribution in [0.25, 0.3) is 11.5 Å². The molecule has 3 aromatic rings. The molecule has 39 heavy (non-hydrogen) atoms. The van der Waals surface area contributed by atoms with Gasteiger partial charge in [0.1, 0.15) is 13.1 Å². The molecule has 0 radical (unpaired) electrons. The van der Waals surface area contributed by atoms with E-state index in [0.29, 0.717) is 29.3 Å². The van der Waals surface area contributed by atoms with E-state index in [0.717, 1.165) is 25.3 Å². The van der Waals surface area contributed by atoms with Gasteiger partial charge in [-0.25, -0.2) is 4.79 Å². The van der Waals surface area contributed by atoms with Crippen LogP contribution in [-0.2, 0) is 35.3 Å². The molecule has 3 rings (SSSR count). The Kier molecular flexibility index (Phi) is 11.1. The summed E-state index contributed by atoms with van der Waals surface area (Å²) in [6, 6.07) is 11.5. The topological polar surface area (TPSA) is 88.3 Å². The maximum absolute atomic E-state index is 13.6. The summed E-state index contributed by atoms with van der Waals surface area (Å²) in [6.07, 6.45) is 3.49. The number of carbonyl (C=O) groups is 1. The number of carbonyl (C=O) groups excluding carboxylic acids is 1. The van der Waals surface area contributed by atoms with E-state index >= 15 is 0 Å². The minimum atomic E-state index is -4.64. The molecule has 0 fully saturated rings. The molecule has 0 aliphatic rings. The molecule has 212 valence electrons. The second-order valence-corrected chi connectivity index (χ2v) is 9.73. The van der Waals surface area contributed by atoms with Crippen LogP contribution in [0.4, 0.5) is 13.2 Å². The molecule has 0 aliphatic carbocycles. The minimum absolute atomic E-state index is 0.0136. The first kappa shape index (κ1) is 30.3. The molecule has 1 atom stereocenters. The van der Waals surface area contributed by atoms with Crippen LogP contribution in [0.5, 0.6) is 0 Å². The van der Waals surface area contributed by atoms with Crippen LogP contribution >= 0.6 is 0 Å². The number of hydroxylamine groups is 4. The molecular formula is C29H36F3N3O4. The molecule has 7 nitrogen and oxygen atoms in total. The van der Waals surface area contributed by atoms with Gasteiger partial charge in [-0.15, -0.1) is 0 Å². The van der Waals surface area contributed by atoms with Crippen LogP contribution in [0.1, 0.15) is 87.7 Å². The van der Waals surface area contributed by atoms with Crippen molar-refractivity contribution in [3.63, 3.8) is 0 Å². The summed E-state index contributed by atoms with van der Waals surface area (Å²) < 4.78 is 46.0. The molecule has 0 saturated heterocycles. The number of hydrogen-bond donors (Lipinski definition) is 0. The van der Waals surface area contributed by atoms with Crippen LogP contribution in [0.2, 0.25) is 0 Å². The number of alkyl halides is 3. The lowest BCUT2D eigenvalue weighted by Crippen LogP contribution is -2.43. The lowest BCUT2D eigenvalue weighted by atomic mass is 10.1. The lowest BCUT2D eigenvalue weighted by Gasteiger charge is -2.38.